The summed E-state index contributed by atoms with van der Waals surface area (Å²) < 4.78 is 16.8. The van der Waals surface area contributed by atoms with Gasteiger partial charge in [-0.2, -0.15) is 0 Å². The van der Waals surface area contributed by atoms with Gasteiger partial charge in [0.25, 0.3) is 0 Å². The molecule has 0 saturated heterocycles. The van der Waals surface area contributed by atoms with Crippen LogP contribution in [0.15, 0.2) is 60.7 Å². The van der Waals surface area contributed by atoms with Gasteiger partial charge >= 0.3 is 5.97 Å². The maximum absolute atomic E-state index is 11.8. The highest BCUT2D eigenvalue weighted by Gasteiger charge is 2.13. The predicted molar refractivity (Wildman–Crippen MR) is 128 cm³/mol. The molecule has 168 valence electrons. The minimum atomic E-state index is -0.326. The molecule has 3 aromatic rings. The lowest BCUT2D eigenvalue weighted by Gasteiger charge is -2.16. The Bertz CT molecular complexity index is 1050. The van der Waals surface area contributed by atoms with Gasteiger partial charge in [0.2, 0.25) is 0 Å². The minimum absolute atomic E-state index is 0.326. The van der Waals surface area contributed by atoms with E-state index in [0.29, 0.717) is 48.5 Å². The van der Waals surface area contributed by atoms with Crippen LogP contribution in [0.4, 0.5) is 5.69 Å². The number of hydrogen-bond donors (Lipinski definition) is 1. The zero-order valence-electron chi connectivity index (χ0n) is 18.6. The van der Waals surface area contributed by atoms with Gasteiger partial charge in [0.05, 0.1) is 23.8 Å². The van der Waals surface area contributed by atoms with Crippen LogP contribution in [0.3, 0.4) is 0 Å². The van der Waals surface area contributed by atoms with Gasteiger partial charge in [-0.3, -0.25) is 0 Å². The zero-order chi connectivity index (χ0) is 22.9. The third-order valence-corrected chi connectivity index (χ3v) is 5.01. The number of halogens is 1. The van der Waals surface area contributed by atoms with Crippen LogP contribution in [0.2, 0.25) is 5.02 Å². The summed E-state index contributed by atoms with van der Waals surface area (Å²) in [4.78, 5) is 11.8. The number of ether oxygens (including phenoxy) is 3. The van der Waals surface area contributed by atoms with Crippen LogP contribution in [-0.4, -0.2) is 19.2 Å². The van der Waals surface area contributed by atoms with Crippen molar-refractivity contribution in [3.63, 3.8) is 0 Å². The van der Waals surface area contributed by atoms with Crippen LogP contribution in [0.5, 0.6) is 11.5 Å². The molecule has 0 aliphatic carbocycles. The van der Waals surface area contributed by atoms with Crippen molar-refractivity contribution in [3.05, 3.63) is 87.9 Å². The van der Waals surface area contributed by atoms with Crippen LogP contribution < -0.4 is 14.8 Å². The Morgan fingerprint density at radius 2 is 1.72 bits per heavy atom. The van der Waals surface area contributed by atoms with E-state index in [4.69, 9.17) is 25.8 Å². The number of rotatable bonds is 10. The van der Waals surface area contributed by atoms with Crippen LogP contribution in [0.1, 0.15) is 40.9 Å². The molecule has 0 atom stereocenters. The summed E-state index contributed by atoms with van der Waals surface area (Å²) in [7, 11) is 0. The van der Waals surface area contributed by atoms with E-state index in [1.165, 1.54) is 5.56 Å². The van der Waals surface area contributed by atoms with E-state index < -0.39 is 0 Å². The fourth-order valence-electron chi connectivity index (χ4n) is 3.23. The first-order chi connectivity index (χ1) is 15.5. The van der Waals surface area contributed by atoms with Crippen LogP contribution in [0, 0.1) is 6.92 Å². The Morgan fingerprint density at radius 3 is 2.41 bits per heavy atom. The van der Waals surface area contributed by atoms with E-state index >= 15 is 0 Å². The first kappa shape index (κ1) is 23.5. The van der Waals surface area contributed by atoms with Gasteiger partial charge in [0.15, 0.2) is 11.5 Å². The molecule has 0 bridgehead atoms. The number of nitrogens with one attached hydrogen (secondary N) is 1. The predicted octanol–water partition coefficient (Wildman–Crippen LogP) is 6.41. The molecule has 3 aromatic carbocycles. The van der Waals surface area contributed by atoms with Crippen molar-refractivity contribution in [1.82, 2.24) is 0 Å². The number of anilines is 1. The van der Waals surface area contributed by atoms with Crippen molar-refractivity contribution in [1.29, 1.82) is 0 Å². The minimum Gasteiger partial charge on any atom is -0.490 e. The van der Waals surface area contributed by atoms with E-state index in [9.17, 15) is 4.79 Å². The largest absolute Gasteiger partial charge is 0.490 e. The molecule has 0 saturated carbocycles. The standard InChI is InChI=1S/C26H28ClNO4/c1-4-30-24-15-20(16-28-22-11-9-21(10-12-22)26(29)31-5-2)14-23(27)25(24)32-17-19-8-6-7-18(3)13-19/h6-15,28H,4-5,16-17H2,1-3H3. The van der Waals surface area contributed by atoms with E-state index in [1.54, 1.807) is 19.1 Å². The maximum Gasteiger partial charge on any atom is 0.338 e. The van der Waals surface area contributed by atoms with Crippen molar-refractivity contribution in [2.45, 2.75) is 33.9 Å². The highest BCUT2D eigenvalue weighted by molar-refractivity contribution is 6.32. The summed E-state index contributed by atoms with van der Waals surface area (Å²) >= 11 is 6.55. The van der Waals surface area contributed by atoms with Crippen molar-refractivity contribution in [3.8, 4) is 11.5 Å². The number of hydrogen-bond acceptors (Lipinski definition) is 5. The summed E-state index contributed by atoms with van der Waals surface area (Å²) in [5, 5.41) is 3.83. The molecule has 0 amide bonds. The first-order valence-corrected chi connectivity index (χ1v) is 11.0. The molecule has 0 heterocycles. The summed E-state index contributed by atoms with van der Waals surface area (Å²) in [6, 6.07) is 19.1. The lowest BCUT2D eigenvalue weighted by molar-refractivity contribution is 0.0526. The summed E-state index contributed by atoms with van der Waals surface area (Å²) in [6.07, 6.45) is 0. The second kappa shape index (κ2) is 11.4. The molecule has 32 heavy (non-hydrogen) atoms. The lowest BCUT2D eigenvalue weighted by atomic mass is 10.1. The molecule has 3 rings (SSSR count). The average molecular weight is 454 g/mol. The molecule has 0 radical (unpaired) electrons. The molecule has 0 aliphatic rings. The molecular weight excluding hydrogens is 426 g/mol. The Kier molecular flexibility index (Phi) is 8.40. The molecule has 0 aliphatic heterocycles. The summed E-state index contributed by atoms with van der Waals surface area (Å²) in [5.74, 6) is 0.827. The fourth-order valence-corrected chi connectivity index (χ4v) is 3.51. The van der Waals surface area contributed by atoms with Crippen LogP contribution in [-0.2, 0) is 17.9 Å². The fraction of sp³-hybridized carbons (Fsp3) is 0.269. The van der Waals surface area contributed by atoms with Crippen molar-refractivity contribution >= 4 is 23.3 Å². The van der Waals surface area contributed by atoms with E-state index in [1.807, 2.05) is 56.3 Å². The van der Waals surface area contributed by atoms with Gasteiger partial charge < -0.3 is 19.5 Å². The Balaban J connectivity index is 1.69. The lowest BCUT2D eigenvalue weighted by Crippen LogP contribution is -2.05. The summed E-state index contributed by atoms with van der Waals surface area (Å²) in [6.45, 7) is 7.56. The van der Waals surface area contributed by atoms with Crippen LogP contribution in [0.25, 0.3) is 0 Å². The molecule has 0 spiro atoms. The van der Waals surface area contributed by atoms with Gasteiger partial charge in [0, 0.05) is 12.2 Å². The number of aryl methyl sites for hydroxylation is 1. The molecular formula is C26H28ClNO4. The maximum atomic E-state index is 11.8. The number of carbonyl (C=O) groups is 1. The number of benzene rings is 3. The molecule has 6 heteroatoms. The average Bonchev–Trinajstić information content (AvgIpc) is 2.78. The molecule has 5 nitrogen and oxygen atoms in total. The molecule has 0 aromatic heterocycles. The highest BCUT2D eigenvalue weighted by atomic mass is 35.5. The van der Waals surface area contributed by atoms with Crippen LogP contribution >= 0.6 is 11.6 Å². The highest BCUT2D eigenvalue weighted by Crippen LogP contribution is 2.37. The smallest absolute Gasteiger partial charge is 0.338 e. The van der Waals surface area contributed by atoms with Crippen molar-refractivity contribution < 1.29 is 19.0 Å². The SMILES string of the molecule is CCOC(=O)c1ccc(NCc2cc(Cl)c(OCc3cccc(C)c3)c(OCC)c2)cc1. The molecule has 1 N–H and O–H groups in total. The topological polar surface area (TPSA) is 56.8 Å². The monoisotopic (exact) mass is 453 g/mol. The molecule has 0 unspecified atom stereocenters. The third-order valence-electron chi connectivity index (χ3n) is 4.73. The van der Waals surface area contributed by atoms with Gasteiger partial charge in [0.1, 0.15) is 6.61 Å². The van der Waals surface area contributed by atoms with Gasteiger partial charge in [-0.25, -0.2) is 4.79 Å². The van der Waals surface area contributed by atoms with Crippen molar-refractivity contribution in [2.24, 2.45) is 0 Å². The van der Waals surface area contributed by atoms with Gasteiger partial charge in [-0.15, -0.1) is 0 Å². The third kappa shape index (κ3) is 6.41. The quantitative estimate of drug-likeness (QED) is 0.359. The molecule has 0 fully saturated rings. The van der Waals surface area contributed by atoms with Crippen molar-refractivity contribution in [2.75, 3.05) is 18.5 Å². The first-order valence-electron chi connectivity index (χ1n) is 10.6. The Labute approximate surface area is 194 Å². The second-order valence-electron chi connectivity index (χ2n) is 7.27. The Hall–Kier alpha value is -3.18. The number of carbonyl (C=O) groups excluding carboxylic acids is 1. The number of esters is 1. The normalized spacial score (nSPS) is 10.5. The zero-order valence-corrected chi connectivity index (χ0v) is 19.4. The summed E-state index contributed by atoms with van der Waals surface area (Å²) in [5.41, 5.74) is 4.61. The van der Waals surface area contributed by atoms with E-state index in [-0.39, 0.29) is 5.97 Å². The Morgan fingerprint density at radius 1 is 0.938 bits per heavy atom. The van der Waals surface area contributed by atoms with E-state index in [0.717, 1.165) is 16.8 Å². The van der Waals surface area contributed by atoms with Gasteiger partial charge in [-0.1, -0.05) is 41.4 Å². The van der Waals surface area contributed by atoms with E-state index in [2.05, 4.69) is 11.4 Å². The second-order valence-corrected chi connectivity index (χ2v) is 7.67. The van der Waals surface area contributed by atoms with Gasteiger partial charge in [-0.05, 0) is 68.3 Å².